The predicted molar refractivity (Wildman–Crippen MR) is 61.6 cm³/mol. The number of hydrogen-bond acceptors (Lipinski definition) is 7. The molecule has 2 rings (SSSR count). The Labute approximate surface area is 101 Å². The fourth-order valence-corrected chi connectivity index (χ4v) is 1.88. The van der Waals surface area contributed by atoms with Crippen molar-refractivity contribution in [2.75, 3.05) is 0 Å². The quantitative estimate of drug-likeness (QED) is 0.474. The average Bonchev–Trinajstić information content (AvgIpc) is 2.94. The molecule has 0 unspecified atom stereocenters. The second-order valence-electron chi connectivity index (χ2n) is 3.17. The number of carbonyl (C=O) groups excluding carboxylic acids is 1. The van der Waals surface area contributed by atoms with Crippen LogP contribution in [0, 0.1) is 0 Å². The van der Waals surface area contributed by atoms with Crippen molar-refractivity contribution in [1.82, 2.24) is 10.1 Å². The summed E-state index contributed by atoms with van der Waals surface area (Å²) in [6.45, 7) is 3.00. The van der Waals surface area contributed by atoms with Crippen molar-refractivity contribution < 1.29 is 14.2 Å². The van der Waals surface area contributed by atoms with Gasteiger partial charge in [-0.15, -0.1) is 11.3 Å². The van der Waals surface area contributed by atoms with E-state index in [1.807, 2.05) is 0 Å². The van der Waals surface area contributed by atoms with Crippen LogP contribution in [-0.2, 0) is 9.63 Å². The van der Waals surface area contributed by atoms with Gasteiger partial charge in [0, 0.05) is 18.4 Å². The monoisotopic (exact) mass is 251 g/mol. The summed E-state index contributed by atoms with van der Waals surface area (Å²) in [5, 5.41) is 9.77. The molecule has 0 radical (unpaired) electrons. The summed E-state index contributed by atoms with van der Waals surface area (Å²) < 4.78 is 4.98. The average molecular weight is 251 g/mol. The molecule has 0 N–H and O–H groups in total. The number of hydrogen-bond donors (Lipinski definition) is 0. The van der Waals surface area contributed by atoms with E-state index in [0.29, 0.717) is 22.2 Å². The third-order valence-corrected chi connectivity index (χ3v) is 2.69. The molecule has 0 aliphatic rings. The highest BCUT2D eigenvalue weighted by atomic mass is 32.1. The Morgan fingerprint density at radius 2 is 2.35 bits per heavy atom. The fraction of sp³-hybridized carbons (Fsp3) is 0.200. The molecule has 0 fully saturated rings. The van der Waals surface area contributed by atoms with Gasteiger partial charge in [0.15, 0.2) is 10.8 Å². The number of oxime groups is 1. The van der Waals surface area contributed by atoms with Gasteiger partial charge in [-0.3, -0.25) is 0 Å². The van der Waals surface area contributed by atoms with Crippen molar-refractivity contribution in [1.29, 1.82) is 0 Å². The van der Waals surface area contributed by atoms with Crippen LogP contribution in [0.25, 0.3) is 10.8 Å². The molecule has 0 saturated heterocycles. The first-order chi connectivity index (χ1) is 8.16. The van der Waals surface area contributed by atoms with Crippen LogP contribution in [-0.4, -0.2) is 21.8 Å². The second-order valence-corrected chi connectivity index (χ2v) is 4.03. The standard InChI is InChI=1S/C10H9N3O3S/c1-6(13-15-7(2)14)8-5-17-10(12-8)9-3-4-11-16-9/h3-5H,1-2H3. The molecule has 0 aromatic carbocycles. The highest BCUT2D eigenvalue weighted by Gasteiger charge is 2.10. The van der Waals surface area contributed by atoms with Gasteiger partial charge in [-0.2, -0.15) is 0 Å². The Morgan fingerprint density at radius 3 is 3.00 bits per heavy atom. The summed E-state index contributed by atoms with van der Waals surface area (Å²) in [6.07, 6.45) is 1.55. The molecule has 2 aromatic heterocycles. The minimum absolute atomic E-state index is 0.463. The van der Waals surface area contributed by atoms with Gasteiger partial charge in [0.1, 0.15) is 5.71 Å². The largest absolute Gasteiger partial charge is 0.354 e. The van der Waals surface area contributed by atoms with Crippen LogP contribution in [0.3, 0.4) is 0 Å². The Bertz CT molecular complexity index is 545. The molecule has 6 nitrogen and oxygen atoms in total. The molecular weight excluding hydrogens is 242 g/mol. The molecular formula is C10H9N3O3S. The van der Waals surface area contributed by atoms with Crippen LogP contribution < -0.4 is 0 Å². The third-order valence-electron chi connectivity index (χ3n) is 1.83. The van der Waals surface area contributed by atoms with Crippen LogP contribution in [0.1, 0.15) is 19.5 Å². The molecule has 17 heavy (non-hydrogen) atoms. The maximum atomic E-state index is 10.6. The molecule has 0 bridgehead atoms. The number of carbonyl (C=O) groups is 1. The fourth-order valence-electron chi connectivity index (χ4n) is 1.06. The van der Waals surface area contributed by atoms with Gasteiger partial charge >= 0.3 is 5.97 Å². The van der Waals surface area contributed by atoms with Gasteiger partial charge in [-0.05, 0) is 6.92 Å². The maximum Gasteiger partial charge on any atom is 0.331 e. The highest BCUT2D eigenvalue weighted by Crippen LogP contribution is 2.23. The Morgan fingerprint density at radius 1 is 1.53 bits per heavy atom. The van der Waals surface area contributed by atoms with Crippen molar-refractivity contribution in [2.24, 2.45) is 5.16 Å². The number of rotatable bonds is 3. The number of nitrogens with zero attached hydrogens (tertiary/aromatic N) is 3. The summed E-state index contributed by atoms with van der Waals surface area (Å²) in [7, 11) is 0. The lowest BCUT2D eigenvalue weighted by Gasteiger charge is -1.93. The molecule has 2 heterocycles. The zero-order valence-electron chi connectivity index (χ0n) is 9.21. The van der Waals surface area contributed by atoms with Gasteiger partial charge in [0.25, 0.3) is 0 Å². The van der Waals surface area contributed by atoms with E-state index in [1.165, 1.54) is 18.3 Å². The van der Waals surface area contributed by atoms with Crippen LogP contribution in [0.4, 0.5) is 0 Å². The molecule has 0 spiro atoms. The summed E-state index contributed by atoms with van der Waals surface area (Å²) in [5.41, 5.74) is 1.17. The minimum Gasteiger partial charge on any atom is -0.354 e. The minimum atomic E-state index is -0.463. The molecule has 0 aliphatic carbocycles. The maximum absolute atomic E-state index is 10.6. The molecule has 0 aliphatic heterocycles. The third kappa shape index (κ3) is 2.76. The van der Waals surface area contributed by atoms with Crippen LogP contribution >= 0.6 is 11.3 Å². The van der Waals surface area contributed by atoms with Gasteiger partial charge in [0.2, 0.25) is 0 Å². The summed E-state index contributed by atoms with van der Waals surface area (Å²) in [6, 6.07) is 1.72. The first-order valence-electron chi connectivity index (χ1n) is 4.76. The lowest BCUT2D eigenvalue weighted by Crippen LogP contribution is -1.99. The molecule has 0 amide bonds. The highest BCUT2D eigenvalue weighted by molar-refractivity contribution is 7.13. The van der Waals surface area contributed by atoms with Crippen molar-refractivity contribution in [2.45, 2.75) is 13.8 Å². The van der Waals surface area contributed by atoms with Gasteiger partial charge in [-0.1, -0.05) is 10.3 Å². The molecule has 0 atom stereocenters. The van der Waals surface area contributed by atoms with Crippen molar-refractivity contribution >= 4 is 23.0 Å². The Balaban J connectivity index is 2.18. The van der Waals surface area contributed by atoms with E-state index in [4.69, 9.17) is 4.52 Å². The first kappa shape index (κ1) is 11.5. The topological polar surface area (TPSA) is 77.6 Å². The van der Waals surface area contributed by atoms with Gasteiger partial charge in [-0.25, -0.2) is 9.78 Å². The van der Waals surface area contributed by atoms with Crippen molar-refractivity contribution in [3.8, 4) is 10.8 Å². The smallest absolute Gasteiger partial charge is 0.331 e. The predicted octanol–water partition coefficient (Wildman–Crippen LogP) is 2.09. The normalized spacial score (nSPS) is 11.5. The summed E-state index contributed by atoms with van der Waals surface area (Å²) >= 11 is 1.40. The van der Waals surface area contributed by atoms with E-state index in [-0.39, 0.29) is 0 Å². The summed E-state index contributed by atoms with van der Waals surface area (Å²) in [4.78, 5) is 19.4. The van der Waals surface area contributed by atoms with Gasteiger partial charge in [0.05, 0.1) is 11.9 Å². The zero-order valence-corrected chi connectivity index (χ0v) is 10.0. The lowest BCUT2D eigenvalue weighted by molar-refractivity contribution is -0.140. The van der Waals surface area contributed by atoms with Crippen LogP contribution in [0.5, 0.6) is 0 Å². The SMILES string of the molecule is CC(=O)ON=C(C)c1csc(-c2ccno2)n1. The zero-order chi connectivity index (χ0) is 12.3. The van der Waals surface area contributed by atoms with E-state index in [9.17, 15) is 4.79 Å². The summed E-state index contributed by atoms with van der Waals surface area (Å²) in [5.74, 6) is 0.136. The van der Waals surface area contributed by atoms with Crippen LogP contribution in [0.2, 0.25) is 0 Å². The van der Waals surface area contributed by atoms with Crippen molar-refractivity contribution in [3.05, 3.63) is 23.3 Å². The molecule has 7 heteroatoms. The number of aromatic nitrogens is 2. The molecule has 88 valence electrons. The second kappa shape index (κ2) is 4.88. The lowest BCUT2D eigenvalue weighted by atomic mass is 10.3. The van der Waals surface area contributed by atoms with E-state index in [1.54, 1.807) is 24.6 Å². The Kier molecular flexibility index (Phi) is 3.29. The molecule has 2 aromatic rings. The Hall–Kier alpha value is -2.02. The first-order valence-corrected chi connectivity index (χ1v) is 5.64. The van der Waals surface area contributed by atoms with E-state index >= 15 is 0 Å². The van der Waals surface area contributed by atoms with Crippen molar-refractivity contribution in [3.63, 3.8) is 0 Å². The molecule has 0 saturated carbocycles. The van der Waals surface area contributed by atoms with E-state index in [0.717, 1.165) is 0 Å². The van der Waals surface area contributed by atoms with E-state index < -0.39 is 5.97 Å². The van der Waals surface area contributed by atoms with Crippen LogP contribution in [0.15, 0.2) is 27.3 Å². The number of thiazole rings is 1. The van der Waals surface area contributed by atoms with Gasteiger partial charge < -0.3 is 9.36 Å². The van der Waals surface area contributed by atoms with E-state index in [2.05, 4.69) is 20.1 Å².